The molecule has 24 heavy (non-hydrogen) atoms. The molecule has 1 heterocycles. The highest BCUT2D eigenvalue weighted by molar-refractivity contribution is 7.81. The number of fused-ring (bicyclic) bond motifs is 1. The Morgan fingerprint density at radius 1 is 1.42 bits per heavy atom. The zero-order chi connectivity index (χ0) is 17.3. The molecule has 0 aliphatic heterocycles. The highest BCUT2D eigenvalue weighted by Crippen LogP contribution is 2.37. The van der Waals surface area contributed by atoms with Gasteiger partial charge in [0, 0.05) is 21.8 Å². The zero-order valence-corrected chi connectivity index (χ0v) is 15.2. The maximum atomic E-state index is 11.4. The van der Waals surface area contributed by atoms with Crippen molar-refractivity contribution in [3.05, 3.63) is 62.0 Å². The number of hydrogen-bond donors (Lipinski definition) is 2. The molecule has 0 unspecified atom stereocenters. The number of aldehydes is 1. The molecule has 1 aliphatic rings. The van der Waals surface area contributed by atoms with Gasteiger partial charge in [0.2, 0.25) is 0 Å². The lowest BCUT2D eigenvalue weighted by Crippen LogP contribution is -2.15. The van der Waals surface area contributed by atoms with Gasteiger partial charge in [-0.1, -0.05) is 18.3 Å². The minimum atomic E-state index is 0.549. The third-order valence-electron chi connectivity index (χ3n) is 4.13. The number of thiol groups is 1. The summed E-state index contributed by atoms with van der Waals surface area (Å²) in [6.07, 6.45) is 4.69. The van der Waals surface area contributed by atoms with Crippen LogP contribution < -0.4 is 5.73 Å². The van der Waals surface area contributed by atoms with Crippen LogP contribution in [0.5, 0.6) is 0 Å². The summed E-state index contributed by atoms with van der Waals surface area (Å²) in [5.74, 6) is 0. The number of carbonyl (C=O) groups excluding carboxylic acids is 1. The third-order valence-corrected chi connectivity index (χ3v) is 6.12. The molecule has 2 N–H and O–H groups in total. The number of nitriles is 1. The van der Waals surface area contributed by atoms with Gasteiger partial charge in [0.1, 0.15) is 6.07 Å². The van der Waals surface area contributed by atoms with Crippen molar-refractivity contribution in [2.45, 2.75) is 24.2 Å². The Morgan fingerprint density at radius 3 is 2.83 bits per heavy atom. The molecule has 6 heteroatoms. The highest BCUT2D eigenvalue weighted by Gasteiger charge is 2.26. The number of nitrogens with two attached hydrogens (primary N) is 1. The molecule has 0 spiro atoms. The van der Waals surface area contributed by atoms with E-state index in [1.165, 1.54) is 11.3 Å². The van der Waals surface area contributed by atoms with Crippen LogP contribution in [0, 0.1) is 11.3 Å². The molecule has 0 fully saturated rings. The largest absolute Gasteiger partial charge is 0.404 e. The summed E-state index contributed by atoms with van der Waals surface area (Å²) in [5.41, 5.74) is 10.3. The SMILES string of the molecule is N#Cc1ccc(Cc2sc(C=O)c3c2C(=S)C(=CN)CC3)cc1S. The molecule has 0 radical (unpaired) electrons. The van der Waals surface area contributed by atoms with Crippen molar-refractivity contribution in [3.63, 3.8) is 0 Å². The quantitative estimate of drug-likeness (QED) is 0.373. The molecule has 0 bridgehead atoms. The molecule has 0 saturated heterocycles. The fourth-order valence-electron chi connectivity index (χ4n) is 2.93. The van der Waals surface area contributed by atoms with Crippen molar-refractivity contribution in [1.82, 2.24) is 0 Å². The lowest BCUT2D eigenvalue weighted by molar-refractivity contribution is 0.112. The van der Waals surface area contributed by atoms with Gasteiger partial charge < -0.3 is 5.73 Å². The molecule has 0 saturated carbocycles. The second-order valence-corrected chi connectivity index (χ2v) is 7.55. The second-order valence-electron chi connectivity index (χ2n) is 5.52. The number of allylic oxidation sites excluding steroid dienone is 1. The van der Waals surface area contributed by atoms with E-state index in [1.807, 2.05) is 12.1 Å². The Hall–Kier alpha value is -1.94. The monoisotopic (exact) mass is 370 g/mol. The normalized spacial score (nSPS) is 15.2. The van der Waals surface area contributed by atoms with E-state index >= 15 is 0 Å². The van der Waals surface area contributed by atoms with E-state index in [2.05, 4.69) is 18.7 Å². The van der Waals surface area contributed by atoms with Crippen molar-refractivity contribution >= 4 is 47.3 Å². The van der Waals surface area contributed by atoms with Gasteiger partial charge in [0.25, 0.3) is 0 Å². The summed E-state index contributed by atoms with van der Waals surface area (Å²) < 4.78 is 0. The fourth-order valence-corrected chi connectivity index (χ4v) is 4.91. The standard InChI is InChI=1S/C18H14N2OS3/c19-7-11-2-1-10(5-14(11)22)6-15-17-13(16(9-21)24-15)4-3-12(8-20)18(17)23/h1-2,5,8-9,22H,3-4,6,20H2. The van der Waals surface area contributed by atoms with Crippen LogP contribution >= 0.6 is 36.2 Å². The molecule has 120 valence electrons. The summed E-state index contributed by atoms with van der Waals surface area (Å²) in [4.78, 5) is 14.6. The lowest BCUT2D eigenvalue weighted by Gasteiger charge is -2.18. The van der Waals surface area contributed by atoms with Crippen LogP contribution in [0.2, 0.25) is 0 Å². The first-order valence-corrected chi connectivity index (χ1v) is 9.03. The summed E-state index contributed by atoms with van der Waals surface area (Å²) in [6, 6.07) is 7.68. The summed E-state index contributed by atoms with van der Waals surface area (Å²) in [7, 11) is 0. The average molecular weight is 371 g/mol. The first kappa shape index (κ1) is 16.9. The van der Waals surface area contributed by atoms with Crippen molar-refractivity contribution in [3.8, 4) is 6.07 Å². The maximum Gasteiger partial charge on any atom is 0.160 e. The van der Waals surface area contributed by atoms with Gasteiger partial charge in [-0.15, -0.1) is 24.0 Å². The lowest BCUT2D eigenvalue weighted by atomic mass is 9.87. The highest BCUT2D eigenvalue weighted by atomic mass is 32.1. The van der Waals surface area contributed by atoms with Crippen molar-refractivity contribution in [1.29, 1.82) is 5.26 Å². The Kier molecular flexibility index (Phi) is 4.86. The molecule has 0 amide bonds. The second kappa shape index (κ2) is 6.89. The van der Waals surface area contributed by atoms with Crippen LogP contribution in [0.15, 0.2) is 34.9 Å². The molecule has 1 aromatic heterocycles. The van der Waals surface area contributed by atoms with Crippen molar-refractivity contribution < 1.29 is 4.79 Å². The van der Waals surface area contributed by atoms with E-state index in [0.717, 1.165) is 56.0 Å². The number of carbonyl (C=O) groups is 1. The van der Waals surface area contributed by atoms with Gasteiger partial charge >= 0.3 is 0 Å². The van der Waals surface area contributed by atoms with Crippen LogP contribution in [0.4, 0.5) is 0 Å². The van der Waals surface area contributed by atoms with Crippen LogP contribution in [-0.4, -0.2) is 11.2 Å². The maximum absolute atomic E-state index is 11.4. The summed E-state index contributed by atoms with van der Waals surface area (Å²) in [6.45, 7) is 0. The molecule has 2 aromatic rings. The molecule has 1 aromatic carbocycles. The molecule has 1 aliphatic carbocycles. The predicted octanol–water partition coefficient (Wildman–Crippen LogP) is 3.82. The first-order valence-electron chi connectivity index (χ1n) is 7.36. The van der Waals surface area contributed by atoms with E-state index in [1.54, 1.807) is 12.3 Å². The minimum absolute atomic E-state index is 0.549. The number of thiophene rings is 1. The Labute approximate surface area is 155 Å². The van der Waals surface area contributed by atoms with Crippen molar-refractivity contribution in [2.24, 2.45) is 5.73 Å². The van der Waals surface area contributed by atoms with E-state index in [4.69, 9.17) is 23.2 Å². The number of rotatable bonds is 3. The average Bonchev–Trinajstić information content (AvgIpc) is 2.94. The molecule has 3 rings (SSSR count). The van der Waals surface area contributed by atoms with Gasteiger partial charge in [-0.2, -0.15) is 5.26 Å². The van der Waals surface area contributed by atoms with E-state index in [-0.39, 0.29) is 0 Å². The van der Waals surface area contributed by atoms with Gasteiger partial charge in [0.15, 0.2) is 6.29 Å². The fraction of sp³-hybridized carbons (Fsp3) is 0.167. The Bertz CT molecular complexity index is 919. The minimum Gasteiger partial charge on any atom is -0.404 e. The smallest absolute Gasteiger partial charge is 0.160 e. The zero-order valence-electron chi connectivity index (χ0n) is 12.7. The number of nitrogens with zero attached hydrogens (tertiary/aromatic N) is 1. The number of thiocarbonyl (C=S) groups is 1. The summed E-state index contributed by atoms with van der Waals surface area (Å²) in [5, 5.41) is 9.01. The molecular formula is C18H14N2OS3. The van der Waals surface area contributed by atoms with E-state index < -0.39 is 0 Å². The topological polar surface area (TPSA) is 66.9 Å². The third kappa shape index (κ3) is 2.91. The van der Waals surface area contributed by atoms with Gasteiger partial charge in [-0.25, -0.2) is 0 Å². The van der Waals surface area contributed by atoms with Crippen LogP contribution in [-0.2, 0) is 12.8 Å². The summed E-state index contributed by atoms with van der Waals surface area (Å²) >= 11 is 11.4. The van der Waals surface area contributed by atoms with Gasteiger partial charge in [-0.05, 0) is 47.9 Å². The first-order chi connectivity index (χ1) is 11.6. The predicted molar refractivity (Wildman–Crippen MR) is 103 cm³/mol. The van der Waals surface area contributed by atoms with Crippen LogP contribution in [0.1, 0.15) is 43.2 Å². The number of hydrogen-bond acceptors (Lipinski definition) is 6. The van der Waals surface area contributed by atoms with Gasteiger partial charge in [0.05, 0.1) is 15.3 Å². The number of benzene rings is 1. The van der Waals surface area contributed by atoms with Crippen LogP contribution in [0.25, 0.3) is 0 Å². The van der Waals surface area contributed by atoms with E-state index in [9.17, 15) is 4.79 Å². The molecule has 3 nitrogen and oxygen atoms in total. The van der Waals surface area contributed by atoms with Gasteiger partial charge in [-0.3, -0.25) is 4.79 Å². The Balaban J connectivity index is 2.05. The van der Waals surface area contributed by atoms with Crippen molar-refractivity contribution in [2.75, 3.05) is 0 Å². The van der Waals surface area contributed by atoms with E-state index in [0.29, 0.717) is 16.9 Å². The Morgan fingerprint density at radius 2 is 2.21 bits per heavy atom. The molecule has 0 atom stereocenters. The van der Waals surface area contributed by atoms with Crippen LogP contribution in [0.3, 0.4) is 0 Å². The molecular weight excluding hydrogens is 356 g/mol.